The first-order chi connectivity index (χ1) is 13.0. The van der Waals surface area contributed by atoms with Gasteiger partial charge in [0.1, 0.15) is 22.9 Å². The Morgan fingerprint density at radius 3 is 2.07 bits per heavy atom. The number of hydrogen-bond acceptors (Lipinski definition) is 5. The van der Waals surface area contributed by atoms with Crippen LogP contribution in [0.4, 0.5) is 5.69 Å². The van der Waals surface area contributed by atoms with Crippen LogP contribution in [0.3, 0.4) is 0 Å². The molecule has 0 saturated carbocycles. The number of benzene rings is 2. The van der Waals surface area contributed by atoms with Crippen molar-refractivity contribution in [1.29, 1.82) is 0 Å². The van der Waals surface area contributed by atoms with Crippen molar-refractivity contribution in [3.8, 4) is 11.5 Å². The number of nitrogens with zero attached hydrogens (tertiary/aromatic N) is 1. The Kier molecular flexibility index (Phi) is 5.91. The highest BCUT2D eigenvalue weighted by molar-refractivity contribution is 7.99. The molecule has 1 aliphatic rings. The second-order valence-electron chi connectivity index (χ2n) is 6.12. The van der Waals surface area contributed by atoms with E-state index < -0.39 is 6.04 Å². The zero-order chi connectivity index (χ0) is 19.4. The van der Waals surface area contributed by atoms with Gasteiger partial charge in [0, 0.05) is 18.4 Å². The molecule has 1 saturated heterocycles. The Morgan fingerprint density at radius 1 is 1.00 bits per heavy atom. The molecular weight excluding hydrogens is 364 g/mol. The van der Waals surface area contributed by atoms with E-state index in [1.165, 1.54) is 6.92 Å². The van der Waals surface area contributed by atoms with Gasteiger partial charge in [-0.3, -0.25) is 9.59 Å². The van der Waals surface area contributed by atoms with Crippen LogP contribution >= 0.6 is 11.8 Å². The van der Waals surface area contributed by atoms with E-state index >= 15 is 0 Å². The first kappa shape index (κ1) is 19.1. The summed E-state index contributed by atoms with van der Waals surface area (Å²) in [7, 11) is 3.20. The number of ether oxygens (including phenoxy) is 2. The fraction of sp³-hybridized carbons (Fsp3) is 0.300. The molecule has 1 fully saturated rings. The number of rotatable bonds is 5. The summed E-state index contributed by atoms with van der Waals surface area (Å²) in [6.45, 7) is 1.50. The number of thioether (sulfide) groups is 1. The van der Waals surface area contributed by atoms with Gasteiger partial charge in [0.25, 0.3) is 0 Å². The van der Waals surface area contributed by atoms with Crippen LogP contribution in [0.15, 0.2) is 48.5 Å². The van der Waals surface area contributed by atoms with Gasteiger partial charge in [0.05, 0.1) is 14.2 Å². The maximum Gasteiger partial charge on any atom is 0.248 e. The highest BCUT2D eigenvalue weighted by Crippen LogP contribution is 2.42. The molecule has 3 rings (SSSR count). The monoisotopic (exact) mass is 386 g/mol. The SMILES string of the molecule is COc1ccc(NC(=O)[C@H]2CS[C@@H](c3ccc(OC)cc3)N2C(C)=O)cc1. The van der Waals surface area contributed by atoms with Crippen molar-refractivity contribution in [2.24, 2.45) is 0 Å². The van der Waals surface area contributed by atoms with Gasteiger partial charge in [-0.1, -0.05) is 12.1 Å². The van der Waals surface area contributed by atoms with Crippen molar-refractivity contribution in [2.45, 2.75) is 18.3 Å². The molecule has 0 spiro atoms. The first-order valence-electron chi connectivity index (χ1n) is 8.53. The van der Waals surface area contributed by atoms with Crippen molar-refractivity contribution >= 4 is 29.3 Å². The molecule has 0 unspecified atom stereocenters. The molecule has 0 radical (unpaired) electrons. The van der Waals surface area contributed by atoms with Crippen LogP contribution in [-0.4, -0.2) is 42.7 Å². The molecule has 2 atom stereocenters. The highest BCUT2D eigenvalue weighted by atomic mass is 32.2. The zero-order valence-electron chi connectivity index (χ0n) is 15.5. The molecule has 1 heterocycles. The van der Waals surface area contributed by atoms with Crippen molar-refractivity contribution in [1.82, 2.24) is 4.90 Å². The summed E-state index contributed by atoms with van der Waals surface area (Å²) in [5.41, 5.74) is 1.64. The maximum atomic E-state index is 12.8. The molecule has 2 amide bonds. The average molecular weight is 386 g/mol. The fourth-order valence-electron chi connectivity index (χ4n) is 3.02. The molecule has 1 aliphatic heterocycles. The summed E-state index contributed by atoms with van der Waals surface area (Å²) in [5, 5.41) is 2.69. The zero-order valence-corrected chi connectivity index (χ0v) is 16.3. The van der Waals surface area contributed by atoms with Crippen molar-refractivity contribution < 1.29 is 19.1 Å². The number of carbonyl (C=O) groups is 2. The molecule has 0 aromatic heterocycles. The van der Waals surface area contributed by atoms with E-state index in [1.54, 1.807) is 55.1 Å². The number of hydrogen-bond donors (Lipinski definition) is 1. The number of carbonyl (C=O) groups excluding carboxylic acids is 2. The number of methoxy groups -OCH3 is 2. The molecule has 2 aromatic carbocycles. The van der Waals surface area contributed by atoms with E-state index in [4.69, 9.17) is 9.47 Å². The standard InChI is InChI=1S/C20H22N2O4S/c1-13(23)22-18(19(24)21-15-6-10-17(26-3)11-7-15)12-27-20(22)14-4-8-16(25-2)9-5-14/h4-11,18,20H,12H2,1-3H3,(H,21,24)/t18-,20+/m1/s1. The second kappa shape index (κ2) is 8.35. The summed E-state index contributed by atoms with van der Waals surface area (Å²) in [5.74, 6) is 1.69. The molecule has 142 valence electrons. The van der Waals surface area contributed by atoms with Gasteiger partial charge in [-0.15, -0.1) is 11.8 Å². The lowest BCUT2D eigenvalue weighted by atomic mass is 10.1. The Morgan fingerprint density at radius 2 is 1.56 bits per heavy atom. The Bertz CT molecular complexity index is 808. The lowest BCUT2D eigenvalue weighted by Gasteiger charge is -2.28. The molecule has 1 N–H and O–H groups in total. The number of amides is 2. The third-order valence-corrected chi connectivity index (χ3v) is 5.75. The van der Waals surface area contributed by atoms with Gasteiger partial charge < -0.3 is 19.7 Å². The van der Waals surface area contributed by atoms with Crippen LogP contribution in [0.25, 0.3) is 0 Å². The molecule has 2 aromatic rings. The van der Waals surface area contributed by atoms with Gasteiger partial charge in [0.2, 0.25) is 11.8 Å². The summed E-state index contributed by atoms with van der Waals surface area (Å²) in [6.07, 6.45) is 0. The largest absolute Gasteiger partial charge is 0.497 e. The van der Waals surface area contributed by atoms with E-state index in [2.05, 4.69) is 5.32 Å². The molecule has 0 aliphatic carbocycles. The first-order valence-corrected chi connectivity index (χ1v) is 9.57. The lowest BCUT2D eigenvalue weighted by molar-refractivity contribution is -0.136. The maximum absolute atomic E-state index is 12.8. The Balaban J connectivity index is 1.76. The summed E-state index contributed by atoms with van der Waals surface area (Å²) in [6, 6.07) is 14.2. The van der Waals surface area contributed by atoms with E-state index in [0.717, 1.165) is 11.3 Å². The molecule has 6 nitrogen and oxygen atoms in total. The van der Waals surface area contributed by atoms with Crippen LogP contribution in [0, 0.1) is 0 Å². The molecule has 27 heavy (non-hydrogen) atoms. The van der Waals surface area contributed by atoms with Crippen LogP contribution in [0.2, 0.25) is 0 Å². The van der Waals surface area contributed by atoms with Crippen molar-refractivity contribution in [3.05, 3.63) is 54.1 Å². The summed E-state index contributed by atoms with van der Waals surface area (Å²) < 4.78 is 10.3. The van der Waals surface area contributed by atoms with E-state index in [-0.39, 0.29) is 17.2 Å². The predicted molar refractivity (Wildman–Crippen MR) is 106 cm³/mol. The Hall–Kier alpha value is -2.67. The van der Waals surface area contributed by atoms with Crippen molar-refractivity contribution in [2.75, 3.05) is 25.3 Å². The minimum Gasteiger partial charge on any atom is -0.497 e. The predicted octanol–water partition coefficient (Wildman–Crippen LogP) is 3.31. The van der Waals surface area contributed by atoms with E-state index in [0.29, 0.717) is 17.2 Å². The summed E-state index contributed by atoms with van der Waals surface area (Å²) in [4.78, 5) is 26.7. The van der Waals surface area contributed by atoms with Gasteiger partial charge >= 0.3 is 0 Å². The topological polar surface area (TPSA) is 67.9 Å². The van der Waals surface area contributed by atoms with E-state index in [1.807, 2.05) is 24.3 Å². The van der Waals surface area contributed by atoms with Crippen LogP contribution < -0.4 is 14.8 Å². The number of anilines is 1. The van der Waals surface area contributed by atoms with Crippen molar-refractivity contribution in [3.63, 3.8) is 0 Å². The molecular formula is C20H22N2O4S. The highest BCUT2D eigenvalue weighted by Gasteiger charge is 2.40. The van der Waals surface area contributed by atoms with Gasteiger partial charge in [-0.2, -0.15) is 0 Å². The third kappa shape index (κ3) is 4.19. The van der Waals surface area contributed by atoms with Gasteiger partial charge in [-0.25, -0.2) is 0 Å². The molecule has 0 bridgehead atoms. The normalized spacial score (nSPS) is 18.9. The average Bonchev–Trinajstić information content (AvgIpc) is 3.14. The van der Waals surface area contributed by atoms with Crippen LogP contribution in [-0.2, 0) is 9.59 Å². The second-order valence-corrected chi connectivity index (χ2v) is 7.23. The van der Waals surface area contributed by atoms with Crippen LogP contribution in [0.5, 0.6) is 11.5 Å². The van der Waals surface area contributed by atoms with E-state index in [9.17, 15) is 9.59 Å². The minimum absolute atomic E-state index is 0.129. The van der Waals surface area contributed by atoms with Crippen LogP contribution in [0.1, 0.15) is 17.9 Å². The lowest BCUT2D eigenvalue weighted by Crippen LogP contribution is -2.44. The van der Waals surface area contributed by atoms with Gasteiger partial charge in [-0.05, 0) is 42.0 Å². The number of nitrogens with one attached hydrogen (secondary N) is 1. The minimum atomic E-state index is -0.526. The summed E-state index contributed by atoms with van der Waals surface area (Å²) >= 11 is 1.58. The smallest absolute Gasteiger partial charge is 0.248 e. The van der Waals surface area contributed by atoms with Gasteiger partial charge in [0.15, 0.2) is 0 Å². The molecule has 7 heteroatoms. The Labute approximate surface area is 162 Å². The third-order valence-electron chi connectivity index (χ3n) is 4.43. The fourth-order valence-corrected chi connectivity index (χ4v) is 4.50. The quantitative estimate of drug-likeness (QED) is 0.854.